The minimum absolute atomic E-state index is 0.171. The molecule has 5 atom stereocenters. The van der Waals surface area contributed by atoms with Gasteiger partial charge in [0, 0.05) is 27.7 Å². The molecular formula is C21H24N2O10. The van der Waals surface area contributed by atoms with Gasteiger partial charge in [-0.15, -0.1) is 0 Å². The molecule has 0 unspecified atom stereocenters. The normalized spacial score (nSPS) is 24.5. The number of aromatic nitrogens is 1. The fourth-order valence-corrected chi connectivity index (χ4v) is 3.39. The summed E-state index contributed by atoms with van der Waals surface area (Å²) in [5.41, 5.74) is 0.968. The Bertz CT molecular complexity index is 1000. The Balaban J connectivity index is 1.98. The molecule has 1 aliphatic rings. The highest BCUT2D eigenvalue weighted by Gasteiger charge is 2.52. The first-order valence-corrected chi connectivity index (χ1v) is 10.1. The number of rotatable bonds is 7. The van der Waals surface area contributed by atoms with Gasteiger partial charge in [-0.3, -0.25) is 19.2 Å². The molecule has 1 N–H and O–H groups in total. The lowest BCUT2D eigenvalue weighted by Crippen LogP contribution is -2.67. The molecule has 0 bridgehead atoms. The Kier molecular flexibility index (Phi) is 7.48. The molecule has 3 rings (SSSR count). The summed E-state index contributed by atoms with van der Waals surface area (Å²) in [5.74, 6) is -2.51. The van der Waals surface area contributed by atoms with Gasteiger partial charge >= 0.3 is 24.0 Å². The number of hydrogen-bond acceptors (Lipinski definition) is 11. The molecule has 1 aromatic heterocycles. The van der Waals surface area contributed by atoms with Crippen molar-refractivity contribution in [2.24, 2.45) is 0 Å². The van der Waals surface area contributed by atoms with Crippen molar-refractivity contribution >= 4 is 34.9 Å². The smallest absolute Gasteiger partial charge is 0.397 e. The molecule has 12 heteroatoms. The highest BCUT2D eigenvalue weighted by atomic mass is 16.7. The number of nitrogens with one attached hydrogen (secondary N) is 1. The number of nitrogens with zero attached hydrogens (tertiary/aromatic N) is 1. The molecule has 178 valence electrons. The van der Waals surface area contributed by atoms with Crippen molar-refractivity contribution < 1.29 is 47.3 Å². The third-order valence-corrected chi connectivity index (χ3v) is 4.56. The number of carbonyl (C=O) groups excluding carboxylic acids is 4. The first-order valence-electron chi connectivity index (χ1n) is 10.1. The third-order valence-electron chi connectivity index (χ3n) is 4.56. The van der Waals surface area contributed by atoms with Crippen LogP contribution in [0.3, 0.4) is 0 Å². The molecule has 1 aromatic carbocycles. The van der Waals surface area contributed by atoms with Crippen LogP contribution >= 0.6 is 0 Å². The maximum atomic E-state index is 11.9. The van der Waals surface area contributed by atoms with Gasteiger partial charge in [0.25, 0.3) is 0 Å². The fraction of sp³-hybridized carbons (Fsp3) is 0.476. The van der Waals surface area contributed by atoms with Gasteiger partial charge in [-0.05, 0) is 12.1 Å². The van der Waals surface area contributed by atoms with Crippen molar-refractivity contribution in [1.29, 1.82) is 0 Å². The van der Waals surface area contributed by atoms with E-state index in [0.29, 0.717) is 11.1 Å². The van der Waals surface area contributed by atoms with Crippen LogP contribution in [-0.4, -0.2) is 66.0 Å². The second-order valence-electron chi connectivity index (χ2n) is 7.29. The van der Waals surface area contributed by atoms with Crippen molar-refractivity contribution in [2.75, 3.05) is 6.61 Å². The molecule has 2 aromatic rings. The van der Waals surface area contributed by atoms with Gasteiger partial charge in [0.1, 0.15) is 24.3 Å². The number of carbonyl (C=O) groups is 4. The number of hydrogen-bond donors (Lipinski definition) is 1. The molecule has 0 spiro atoms. The Labute approximate surface area is 188 Å². The van der Waals surface area contributed by atoms with Crippen LogP contribution < -0.4 is 10.1 Å². The van der Waals surface area contributed by atoms with Gasteiger partial charge < -0.3 is 33.4 Å². The maximum absolute atomic E-state index is 11.9. The zero-order valence-electron chi connectivity index (χ0n) is 18.4. The van der Waals surface area contributed by atoms with E-state index < -0.39 is 54.5 Å². The highest BCUT2D eigenvalue weighted by Crippen LogP contribution is 2.30. The molecule has 1 aliphatic heterocycles. The monoisotopic (exact) mass is 464 g/mol. The molecular weight excluding hydrogens is 440 g/mol. The quantitative estimate of drug-likeness (QED) is 0.459. The number of fused-ring (bicyclic) bond motifs is 1. The van der Waals surface area contributed by atoms with E-state index in [1.165, 1.54) is 13.8 Å². The van der Waals surface area contributed by atoms with Crippen molar-refractivity contribution in [3.63, 3.8) is 0 Å². The number of esters is 3. The minimum Gasteiger partial charge on any atom is -0.463 e. The van der Waals surface area contributed by atoms with E-state index in [9.17, 15) is 19.2 Å². The van der Waals surface area contributed by atoms with Crippen molar-refractivity contribution in [3.05, 3.63) is 24.3 Å². The first-order chi connectivity index (χ1) is 15.6. The number of ether oxygens (including phenoxy) is 5. The van der Waals surface area contributed by atoms with Crippen LogP contribution in [0, 0.1) is 0 Å². The van der Waals surface area contributed by atoms with Crippen LogP contribution in [-0.2, 0) is 38.1 Å². The van der Waals surface area contributed by atoms with E-state index in [4.69, 9.17) is 28.1 Å². The summed E-state index contributed by atoms with van der Waals surface area (Å²) >= 11 is 0. The largest absolute Gasteiger partial charge is 0.463 e. The number of para-hydroxylation sites is 2. The van der Waals surface area contributed by atoms with Crippen LogP contribution in [0.15, 0.2) is 28.7 Å². The van der Waals surface area contributed by atoms with Crippen LogP contribution in [0.2, 0.25) is 0 Å². The van der Waals surface area contributed by atoms with E-state index in [0.717, 1.165) is 13.8 Å². The van der Waals surface area contributed by atoms with Crippen molar-refractivity contribution in [1.82, 2.24) is 10.3 Å². The first kappa shape index (κ1) is 24.0. The topological polar surface area (TPSA) is 152 Å². The maximum Gasteiger partial charge on any atom is 0.397 e. The predicted molar refractivity (Wildman–Crippen MR) is 109 cm³/mol. The average molecular weight is 464 g/mol. The molecule has 1 saturated heterocycles. The van der Waals surface area contributed by atoms with Crippen LogP contribution in [0.5, 0.6) is 6.08 Å². The van der Waals surface area contributed by atoms with Gasteiger partial charge in [0.2, 0.25) is 12.2 Å². The molecule has 0 radical (unpaired) electrons. The summed E-state index contributed by atoms with van der Waals surface area (Å²) < 4.78 is 33.0. The standard InChI is InChI=1S/C21H24N2O10/c1-10(24)22-17-19(30-13(4)27)18(29-12(3)26)16(9-28-11(2)25)31-20(17)33-21-23-14-7-5-6-8-15(14)32-21/h5-8,16-20H,9H2,1-4H3,(H,22,24)/t16-,17+,18+,19+,20+/m1/s1. The average Bonchev–Trinajstić information content (AvgIpc) is 3.12. The van der Waals surface area contributed by atoms with E-state index in [2.05, 4.69) is 10.3 Å². The lowest BCUT2D eigenvalue weighted by Gasteiger charge is -2.44. The lowest BCUT2D eigenvalue weighted by molar-refractivity contribution is -0.259. The van der Waals surface area contributed by atoms with Gasteiger partial charge in [-0.1, -0.05) is 12.1 Å². The molecule has 2 heterocycles. The second kappa shape index (κ2) is 10.3. The number of benzene rings is 1. The summed E-state index contributed by atoms with van der Waals surface area (Å²) in [5, 5.41) is 2.60. The Morgan fingerprint density at radius 1 is 0.970 bits per heavy atom. The molecule has 33 heavy (non-hydrogen) atoms. The van der Waals surface area contributed by atoms with Crippen LogP contribution in [0.4, 0.5) is 0 Å². The lowest BCUT2D eigenvalue weighted by atomic mass is 9.96. The summed E-state index contributed by atoms with van der Waals surface area (Å²) in [6.07, 6.45) is -5.03. The molecule has 1 fully saturated rings. The SMILES string of the molecule is CC(=O)N[C@@H]1[C@H](Oc2nc3ccccc3o2)O[C@H](COC(C)=O)[C@H](OC(C)=O)[C@H]1OC(C)=O. The van der Waals surface area contributed by atoms with Gasteiger partial charge in [-0.25, -0.2) is 0 Å². The summed E-state index contributed by atoms with van der Waals surface area (Å²) in [6.45, 7) is 4.41. The minimum atomic E-state index is -1.31. The van der Waals surface area contributed by atoms with Crippen LogP contribution in [0.25, 0.3) is 11.1 Å². The van der Waals surface area contributed by atoms with E-state index >= 15 is 0 Å². The zero-order chi connectivity index (χ0) is 24.1. The van der Waals surface area contributed by atoms with Crippen molar-refractivity contribution in [3.8, 4) is 6.08 Å². The zero-order valence-corrected chi connectivity index (χ0v) is 18.4. The number of amides is 1. The summed E-state index contributed by atoms with van der Waals surface area (Å²) in [6, 6.07) is 5.79. The molecule has 0 aliphatic carbocycles. The molecule has 1 amide bonds. The van der Waals surface area contributed by atoms with Gasteiger partial charge in [0.15, 0.2) is 17.8 Å². The van der Waals surface area contributed by atoms with Gasteiger partial charge in [-0.2, -0.15) is 4.98 Å². The summed E-state index contributed by atoms with van der Waals surface area (Å²) in [7, 11) is 0. The van der Waals surface area contributed by atoms with E-state index in [-0.39, 0.29) is 12.7 Å². The molecule has 12 nitrogen and oxygen atoms in total. The van der Waals surface area contributed by atoms with E-state index in [1.807, 2.05) is 0 Å². The predicted octanol–water partition coefficient (Wildman–Crippen LogP) is 0.863. The fourth-order valence-electron chi connectivity index (χ4n) is 3.39. The molecule has 0 saturated carbocycles. The Hall–Kier alpha value is -3.67. The Morgan fingerprint density at radius 3 is 2.24 bits per heavy atom. The highest BCUT2D eigenvalue weighted by molar-refractivity contribution is 5.74. The summed E-state index contributed by atoms with van der Waals surface area (Å²) in [4.78, 5) is 51.1. The van der Waals surface area contributed by atoms with E-state index in [1.54, 1.807) is 24.3 Å². The number of oxazole rings is 1. The third kappa shape index (κ3) is 6.19. The van der Waals surface area contributed by atoms with Crippen LogP contribution in [0.1, 0.15) is 27.7 Å². The second-order valence-corrected chi connectivity index (χ2v) is 7.29. The van der Waals surface area contributed by atoms with Gasteiger partial charge in [0.05, 0.1) is 0 Å². The Morgan fingerprint density at radius 2 is 1.64 bits per heavy atom. The van der Waals surface area contributed by atoms with Crippen molar-refractivity contribution in [2.45, 2.75) is 58.3 Å².